The van der Waals surface area contributed by atoms with Crippen molar-refractivity contribution in [3.8, 4) is 5.69 Å². The number of anilines is 1. The second-order valence-corrected chi connectivity index (χ2v) is 5.76. The number of benzene rings is 1. The average molecular weight is 345 g/mol. The van der Waals surface area contributed by atoms with Crippen LogP contribution in [0.4, 0.5) is 5.82 Å². The molecule has 0 fully saturated rings. The standard InChI is InChI=1S/C19H15N5O2/c1-13-6-5-9-16(21-13)22-18(25)15-12-20-17-10-11-23(24(17)19(15)26)14-7-3-2-4-8-14/h2-12H,1H3,(H,21,22,25). The molecule has 3 heterocycles. The Hall–Kier alpha value is -3.74. The van der Waals surface area contributed by atoms with Gasteiger partial charge in [-0.3, -0.25) is 14.3 Å². The molecule has 1 N–H and O–H groups in total. The molecule has 4 aromatic rings. The van der Waals surface area contributed by atoms with E-state index >= 15 is 0 Å². The number of nitrogens with zero attached hydrogens (tertiary/aromatic N) is 4. The van der Waals surface area contributed by atoms with Crippen molar-refractivity contribution in [2.75, 3.05) is 5.32 Å². The minimum atomic E-state index is -0.546. The molecule has 7 heteroatoms. The van der Waals surface area contributed by atoms with Crippen molar-refractivity contribution < 1.29 is 4.79 Å². The smallest absolute Gasteiger partial charge is 0.286 e. The van der Waals surface area contributed by atoms with Gasteiger partial charge in [-0.25, -0.2) is 9.97 Å². The maximum absolute atomic E-state index is 12.9. The SMILES string of the molecule is Cc1cccc(NC(=O)c2cnc3ccn(-c4ccccc4)n3c2=O)n1. The van der Waals surface area contributed by atoms with E-state index in [0.717, 1.165) is 11.4 Å². The van der Waals surface area contributed by atoms with Crippen LogP contribution in [-0.2, 0) is 0 Å². The molecule has 0 aliphatic carbocycles. The Kier molecular flexibility index (Phi) is 3.81. The number of pyridine rings is 1. The maximum atomic E-state index is 12.9. The van der Waals surface area contributed by atoms with E-state index in [0.29, 0.717) is 11.5 Å². The number of para-hydroxylation sites is 1. The lowest BCUT2D eigenvalue weighted by atomic mass is 10.3. The second-order valence-electron chi connectivity index (χ2n) is 5.76. The summed E-state index contributed by atoms with van der Waals surface area (Å²) < 4.78 is 3.03. The molecular weight excluding hydrogens is 330 g/mol. The molecule has 0 saturated carbocycles. The van der Waals surface area contributed by atoms with Gasteiger partial charge in [0.15, 0.2) is 5.65 Å². The number of carbonyl (C=O) groups excluding carboxylic acids is 1. The van der Waals surface area contributed by atoms with Gasteiger partial charge in [0, 0.05) is 24.2 Å². The minimum Gasteiger partial charge on any atom is -0.306 e. The van der Waals surface area contributed by atoms with Gasteiger partial charge in [-0.1, -0.05) is 24.3 Å². The number of hydrogen-bond donors (Lipinski definition) is 1. The van der Waals surface area contributed by atoms with Crippen molar-refractivity contribution in [1.29, 1.82) is 0 Å². The Balaban J connectivity index is 1.78. The van der Waals surface area contributed by atoms with Crippen LogP contribution in [0.2, 0.25) is 0 Å². The van der Waals surface area contributed by atoms with Crippen LogP contribution in [0.1, 0.15) is 16.1 Å². The summed E-state index contributed by atoms with van der Waals surface area (Å²) in [4.78, 5) is 33.9. The average Bonchev–Trinajstić information content (AvgIpc) is 3.08. The lowest BCUT2D eigenvalue weighted by Crippen LogP contribution is -2.29. The highest BCUT2D eigenvalue weighted by Gasteiger charge is 2.16. The van der Waals surface area contributed by atoms with Crippen molar-refractivity contribution in [3.05, 3.63) is 88.6 Å². The fourth-order valence-corrected chi connectivity index (χ4v) is 2.72. The van der Waals surface area contributed by atoms with E-state index in [1.165, 1.54) is 10.7 Å². The van der Waals surface area contributed by atoms with Crippen LogP contribution in [0.3, 0.4) is 0 Å². The summed E-state index contributed by atoms with van der Waals surface area (Å²) in [6.07, 6.45) is 3.03. The van der Waals surface area contributed by atoms with Gasteiger partial charge < -0.3 is 5.32 Å². The summed E-state index contributed by atoms with van der Waals surface area (Å²) in [5, 5.41) is 2.64. The van der Waals surface area contributed by atoms with Crippen molar-refractivity contribution >= 4 is 17.4 Å². The van der Waals surface area contributed by atoms with Gasteiger partial charge in [0.1, 0.15) is 11.4 Å². The molecule has 0 aliphatic heterocycles. The van der Waals surface area contributed by atoms with E-state index in [4.69, 9.17) is 0 Å². The fraction of sp³-hybridized carbons (Fsp3) is 0.0526. The predicted octanol–water partition coefficient (Wildman–Crippen LogP) is 2.44. The number of fused-ring (bicyclic) bond motifs is 1. The fourth-order valence-electron chi connectivity index (χ4n) is 2.72. The zero-order chi connectivity index (χ0) is 18.1. The highest BCUT2D eigenvalue weighted by Crippen LogP contribution is 2.10. The van der Waals surface area contributed by atoms with Crippen LogP contribution in [0.25, 0.3) is 11.3 Å². The monoisotopic (exact) mass is 345 g/mol. The summed E-state index contributed by atoms with van der Waals surface area (Å²) >= 11 is 0. The van der Waals surface area contributed by atoms with Gasteiger partial charge in [-0.2, -0.15) is 4.52 Å². The summed E-state index contributed by atoms with van der Waals surface area (Å²) in [6.45, 7) is 1.82. The van der Waals surface area contributed by atoms with Crippen LogP contribution in [0, 0.1) is 6.92 Å². The van der Waals surface area contributed by atoms with Gasteiger partial charge in [0.25, 0.3) is 11.5 Å². The van der Waals surface area contributed by atoms with E-state index in [9.17, 15) is 9.59 Å². The van der Waals surface area contributed by atoms with Crippen LogP contribution in [-0.4, -0.2) is 25.1 Å². The molecule has 0 atom stereocenters. The van der Waals surface area contributed by atoms with Crippen molar-refractivity contribution in [2.45, 2.75) is 6.92 Å². The molecule has 128 valence electrons. The normalized spacial score (nSPS) is 10.8. The minimum absolute atomic E-state index is 0.0540. The number of nitrogens with one attached hydrogen (secondary N) is 1. The summed E-state index contributed by atoms with van der Waals surface area (Å²) in [5.41, 5.74) is 1.52. The number of hydrogen-bond acceptors (Lipinski definition) is 4. The first kappa shape index (κ1) is 15.8. The third kappa shape index (κ3) is 2.75. The Labute approximate surface area is 148 Å². The quantitative estimate of drug-likeness (QED) is 0.618. The van der Waals surface area contributed by atoms with E-state index in [2.05, 4.69) is 15.3 Å². The molecule has 0 unspecified atom stereocenters. The zero-order valence-corrected chi connectivity index (χ0v) is 14.0. The highest BCUT2D eigenvalue weighted by atomic mass is 16.2. The molecule has 1 amide bonds. The van der Waals surface area contributed by atoms with E-state index in [1.54, 1.807) is 29.1 Å². The van der Waals surface area contributed by atoms with Gasteiger partial charge in [-0.15, -0.1) is 0 Å². The number of rotatable bonds is 3. The molecule has 7 nitrogen and oxygen atoms in total. The first-order chi connectivity index (χ1) is 12.6. The van der Waals surface area contributed by atoms with Crippen molar-refractivity contribution in [2.24, 2.45) is 0 Å². The van der Waals surface area contributed by atoms with Gasteiger partial charge in [0.2, 0.25) is 0 Å². The predicted molar refractivity (Wildman–Crippen MR) is 97.7 cm³/mol. The van der Waals surface area contributed by atoms with E-state index < -0.39 is 11.5 Å². The molecule has 4 rings (SSSR count). The van der Waals surface area contributed by atoms with E-state index in [-0.39, 0.29) is 5.56 Å². The van der Waals surface area contributed by atoms with Crippen molar-refractivity contribution in [1.82, 2.24) is 19.2 Å². The summed E-state index contributed by atoms with van der Waals surface area (Å²) in [7, 11) is 0. The van der Waals surface area contributed by atoms with Crippen LogP contribution < -0.4 is 10.9 Å². The lowest BCUT2D eigenvalue weighted by Gasteiger charge is -2.08. The number of aryl methyl sites for hydroxylation is 1. The highest BCUT2D eigenvalue weighted by molar-refractivity contribution is 6.03. The number of aromatic nitrogens is 4. The van der Waals surface area contributed by atoms with Gasteiger partial charge in [0.05, 0.1) is 5.69 Å². The molecule has 0 radical (unpaired) electrons. The molecule has 3 aromatic heterocycles. The van der Waals surface area contributed by atoms with Crippen LogP contribution >= 0.6 is 0 Å². The third-order valence-electron chi connectivity index (χ3n) is 3.94. The molecule has 26 heavy (non-hydrogen) atoms. The first-order valence-corrected chi connectivity index (χ1v) is 8.03. The molecule has 0 bridgehead atoms. The van der Waals surface area contributed by atoms with Crippen molar-refractivity contribution in [3.63, 3.8) is 0 Å². The zero-order valence-electron chi connectivity index (χ0n) is 14.0. The molecule has 1 aromatic carbocycles. The molecule has 0 spiro atoms. The molecule has 0 aliphatic rings. The Morgan fingerprint density at radius 2 is 1.85 bits per heavy atom. The second kappa shape index (κ2) is 6.29. The van der Waals surface area contributed by atoms with Crippen LogP contribution in [0.15, 0.2) is 71.8 Å². The topological polar surface area (TPSA) is 81.3 Å². The number of carbonyl (C=O) groups is 1. The van der Waals surface area contributed by atoms with E-state index in [1.807, 2.05) is 43.3 Å². The Morgan fingerprint density at radius 3 is 2.62 bits per heavy atom. The Morgan fingerprint density at radius 1 is 1.04 bits per heavy atom. The maximum Gasteiger partial charge on any atom is 0.286 e. The summed E-state index contributed by atoms with van der Waals surface area (Å²) in [5.74, 6) is -0.159. The molecule has 0 saturated heterocycles. The molecular formula is C19H15N5O2. The van der Waals surface area contributed by atoms with Gasteiger partial charge in [-0.05, 0) is 31.2 Å². The van der Waals surface area contributed by atoms with Crippen LogP contribution in [0.5, 0.6) is 0 Å². The third-order valence-corrected chi connectivity index (χ3v) is 3.94. The van der Waals surface area contributed by atoms with Gasteiger partial charge >= 0.3 is 0 Å². The lowest BCUT2D eigenvalue weighted by molar-refractivity contribution is 0.102. The first-order valence-electron chi connectivity index (χ1n) is 8.03. The number of amides is 1. The summed E-state index contributed by atoms with van der Waals surface area (Å²) in [6, 6.07) is 16.4. The largest absolute Gasteiger partial charge is 0.306 e. The Bertz CT molecular complexity index is 1160.